The largest absolute Gasteiger partial charge is 0.481 e. The van der Waals surface area contributed by atoms with Crippen molar-refractivity contribution < 1.29 is 14.7 Å². The maximum absolute atomic E-state index is 11.6. The maximum Gasteiger partial charge on any atom is 0.319 e. The molecule has 0 fully saturated rings. The number of carbonyl (C=O) groups is 2. The molecule has 0 saturated heterocycles. The molecule has 0 unspecified atom stereocenters. The monoisotopic (exact) mass is 314 g/mol. The molecule has 0 saturated carbocycles. The van der Waals surface area contributed by atoms with Gasteiger partial charge >= 0.3 is 12.0 Å². The van der Waals surface area contributed by atoms with Gasteiger partial charge in [-0.1, -0.05) is 15.9 Å². The number of carboxylic acid groups (broad SMARTS) is 1. The van der Waals surface area contributed by atoms with Crippen molar-refractivity contribution in [3.05, 3.63) is 27.7 Å². The lowest BCUT2D eigenvalue weighted by atomic mass is 10.1. The first-order valence-corrected chi connectivity index (χ1v) is 6.23. The number of hydrogen-bond acceptors (Lipinski definition) is 2. The van der Waals surface area contributed by atoms with E-state index < -0.39 is 12.0 Å². The highest BCUT2D eigenvalue weighted by molar-refractivity contribution is 9.10. The number of halogens is 1. The Hall–Kier alpha value is -1.56. The van der Waals surface area contributed by atoms with Crippen LogP contribution in [0.2, 0.25) is 0 Å². The smallest absolute Gasteiger partial charge is 0.319 e. The molecule has 0 aliphatic heterocycles. The topological polar surface area (TPSA) is 78.4 Å². The minimum absolute atomic E-state index is 0.0915. The van der Waals surface area contributed by atoms with Gasteiger partial charge in [-0.15, -0.1) is 0 Å². The first-order chi connectivity index (χ1) is 8.40. The molecule has 0 heterocycles. The van der Waals surface area contributed by atoms with Gasteiger partial charge in [-0.05, 0) is 37.1 Å². The highest BCUT2D eigenvalue weighted by Crippen LogP contribution is 2.24. The fourth-order valence-electron chi connectivity index (χ4n) is 1.55. The van der Waals surface area contributed by atoms with Gasteiger partial charge < -0.3 is 15.7 Å². The van der Waals surface area contributed by atoms with Gasteiger partial charge in [0.15, 0.2) is 0 Å². The number of nitrogens with one attached hydrogen (secondary N) is 2. The van der Waals surface area contributed by atoms with Gasteiger partial charge in [-0.25, -0.2) is 4.79 Å². The summed E-state index contributed by atoms with van der Waals surface area (Å²) in [4.78, 5) is 21.9. The van der Waals surface area contributed by atoms with Crippen molar-refractivity contribution in [3.63, 3.8) is 0 Å². The Labute approximate surface area is 114 Å². The number of amides is 2. The Morgan fingerprint density at radius 1 is 1.28 bits per heavy atom. The van der Waals surface area contributed by atoms with Crippen LogP contribution in [0.4, 0.5) is 10.5 Å². The molecule has 0 aliphatic carbocycles. The summed E-state index contributed by atoms with van der Waals surface area (Å²) in [6.07, 6.45) is -0.0915. The number of aliphatic carboxylic acids is 1. The molecule has 1 aromatic carbocycles. The molecule has 5 nitrogen and oxygen atoms in total. The normalized spacial score (nSPS) is 9.94. The van der Waals surface area contributed by atoms with E-state index in [1.54, 1.807) is 0 Å². The second-order valence-electron chi connectivity index (χ2n) is 3.94. The van der Waals surface area contributed by atoms with Crippen molar-refractivity contribution in [3.8, 4) is 0 Å². The Morgan fingerprint density at radius 3 is 2.33 bits per heavy atom. The van der Waals surface area contributed by atoms with Crippen molar-refractivity contribution in [2.24, 2.45) is 0 Å². The molecule has 18 heavy (non-hydrogen) atoms. The van der Waals surface area contributed by atoms with E-state index in [2.05, 4.69) is 26.6 Å². The predicted molar refractivity (Wildman–Crippen MR) is 72.9 cm³/mol. The second kappa shape index (κ2) is 6.39. The summed E-state index contributed by atoms with van der Waals surface area (Å²) in [5, 5.41) is 13.7. The van der Waals surface area contributed by atoms with E-state index in [4.69, 9.17) is 5.11 Å². The van der Waals surface area contributed by atoms with Gasteiger partial charge in [0.05, 0.1) is 6.42 Å². The minimum atomic E-state index is -0.939. The van der Waals surface area contributed by atoms with Crippen molar-refractivity contribution >= 4 is 33.6 Å². The standard InChI is InChI=1S/C12H15BrN2O3/c1-7-5-9(13)6-8(2)11(7)15-12(18)14-4-3-10(16)17/h5-6H,3-4H2,1-2H3,(H,16,17)(H2,14,15,18). The van der Waals surface area contributed by atoms with E-state index >= 15 is 0 Å². The molecule has 0 aliphatic rings. The first kappa shape index (κ1) is 14.5. The molecule has 98 valence electrons. The van der Waals surface area contributed by atoms with Crippen molar-refractivity contribution in [1.29, 1.82) is 0 Å². The molecule has 1 rings (SSSR count). The van der Waals surface area contributed by atoms with Crippen LogP contribution in [0.3, 0.4) is 0 Å². The van der Waals surface area contributed by atoms with E-state index in [0.29, 0.717) is 0 Å². The van der Waals surface area contributed by atoms with E-state index in [1.165, 1.54) is 0 Å². The zero-order valence-electron chi connectivity index (χ0n) is 10.2. The Bertz CT molecular complexity index is 451. The Kier molecular flexibility index (Phi) is 5.15. The van der Waals surface area contributed by atoms with Crippen LogP contribution >= 0.6 is 15.9 Å². The summed E-state index contributed by atoms with van der Waals surface area (Å²) < 4.78 is 0.953. The third-order valence-corrected chi connectivity index (χ3v) is 2.82. The van der Waals surface area contributed by atoms with Crippen LogP contribution in [0.25, 0.3) is 0 Å². The van der Waals surface area contributed by atoms with Crippen molar-refractivity contribution in [2.75, 3.05) is 11.9 Å². The molecule has 3 N–H and O–H groups in total. The minimum Gasteiger partial charge on any atom is -0.481 e. The van der Waals surface area contributed by atoms with Crippen LogP contribution in [0, 0.1) is 13.8 Å². The number of anilines is 1. The quantitative estimate of drug-likeness (QED) is 0.799. The number of hydrogen-bond donors (Lipinski definition) is 3. The van der Waals surface area contributed by atoms with Crippen LogP contribution in [0.15, 0.2) is 16.6 Å². The van der Waals surface area contributed by atoms with Gasteiger partial charge in [0.2, 0.25) is 0 Å². The van der Waals surface area contributed by atoms with Crippen LogP contribution < -0.4 is 10.6 Å². The molecule has 0 bridgehead atoms. The van der Waals surface area contributed by atoms with E-state index in [9.17, 15) is 9.59 Å². The molecule has 0 spiro atoms. The summed E-state index contributed by atoms with van der Waals surface area (Å²) in [7, 11) is 0. The van der Waals surface area contributed by atoms with E-state index in [0.717, 1.165) is 21.3 Å². The molecule has 1 aromatic rings. The number of carboxylic acids is 1. The molecular formula is C12H15BrN2O3. The van der Waals surface area contributed by atoms with Gasteiger partial charge in [0.25, 0.3) is 0 Å². The second-order valence-corrected chi connectivity index (χ2v) is 4.85. The van der Waals surface area contributed by atoms with E-state index in [-0.39, 0.29) is 13.0 Å². The third kappa shape index (κ3) is 4.37. The van der Waals surface area contributed by atoms with E-state index in [1.807, 2.05) is 26.0 Å². The van der Waals surface area contributed by atoms with Gasteiger partial charge in [-0.2, -0.15) is 0 Å². The Morgan fingerprint density at radius 2 is 1.83 bits per heavy atom. The van der Waals surface area contributed by atoms with Crippen LogP contribution in [0.1, 0.15) is 17.5 Å². The fraction of sp³-hybridized carbons (Fsp3) is 0.333. The molecule has 0 aromatic heterocycles. The number of aryl methyl sites for hydroxylation is 2. The highest BCUT2D eigenvalue weighted by atomic mass is 79.9. The highest BCUT2D eigenvalue weighted by Gasteiger charge is 2.08. The van der Waals surface area contributed by atoms with Crippen molar-refractivity contribution in [1.82, 2.24) is 5.32 Å². The molecule has 0 radical (unpaired) electrons. The van der Waals surface area contributed by atoms with Crippen LogP contribution in [-0.2, 0) is 4.79 Å². The van der Waals surface area contributed by atoms with Crippen LogP contribution in [0.5, 0.6) is 0 Å². The number of urea groups is 1. The zero-order chi connectivity index (χ0) is 13.7. The molecule has 6 heteroatoms. The summed E-state index contributed by atoms with van der Waals surface area (Å²) in [6.45, 7) is 3.89. The molecule has 0 atom stereocenters. The number of benzene rings is 1. The fourth-order valence-corrected chi connectivity index (χ4v) is 2.24. The lowest BCUT2D eigenvalue weighted by Gasteiger charge is -2.12. The summed E-state index contributed by atoms with van der Waals surface area (Å²) in [5.41, 5.74) is 2.62. The summed E-state index contributed by atoms with van der Waals surface area (Å²) in [5.74, 6) is -0.939. The first-order valence-electron chi connectivity index (χ1n) is 5.43. The maximum atomic E-state index is 11.6. The number of rotatable bonds is 4. The van der Waals surface area contributed by atoms with Gasteiger partial charge in [0, 0.05) is 16.7 Å². The zero-order valence-corrected chi connectivity index (χ0v) is 11.8. The SMILES string of the molecule is Cc1cc(Br)cc(C)c1NC(=O)NCCC(=O)O. The lowest BCUT2D eigenvalue weighted by Crippen LogP contribution is -2.31. The molecule has 2 amide bonds. The predicted octanol–water partition coefficient (Wildman–Crippen LogP) is 2.66. The van der Waals surface area contributed by atoms with Gasteiger partial charge in [-0.3, -0.25) is 4.79 Å². The summed E-state index contributed by atoms with van der Waals surface area (Å²) >= 11 is 3.38. The average Bonchev–Trinajstić information content (AvgIpc) is 2.22. The summed E-state index contributed by atoms with van der Waals surface area (Å²) in [6, 6.07) is 3.41. The van der Waals surface area contributed by atoms with Gasteiger partial charge in [0.1, 0.15) is 0 Å². The molecular weight excluding hydrogens is 300 g/mol. The number of carbonyl (C=O) groups excluding carboxylic acids is 1. The lowest BCUT2D eigenvalue weighted by molar-refractivity contribution is -0.136. The van der Waals surface area contributed by atoms with Crippen LogP contribution in [-0.4, -0.2) is 23.7 Å². The third-order valence-electron chi connectivity index (χ3n) is 2.36. The van der Waals surface area contributed by atoms with Crippen molar-refractivity contribution in [2.45, 2.75) is 20.3 Å². The Balaban J connectivity index is 2.62. The average molecular weight is 315 g/mol.